The Bertz CT molecular complexity index is 796. The molecule has 2 aromatic heterocycles. The smallest absolute Gasteiger partial charge is 0.291 e. The number of aromatic nitrogens is 5. The van der Waals surface area contributed by atoms with Gasteiger partial charge in [-0.3, -0.25) is 9.89 Å². The highest BCUT2D eigenvalue weighted by Crippen LogP contribution is 2.20. The van der Waals surface area contributed by atoms with Crippen LogP contribution in [0.15, 0.2) is 36.5 Å². The van der Waals surface area contributed by atoms with Gasteiger partial charge >= 0.3 is 0 Å². The van der Waals surface area contributed by atoms with E-state index in [9.17, 15) is 4.79 Å². The summed E-state index contributed by atoms with van der Waals surface area (Å²) in [5, 5.41) is 14.1. The molecule has 8 heteroatoms. The van der Waals surface area contributed by atoms with E-state index in [0.717, 1.165) is 5.69 Å². The second-order valence-electron chi connectivity index (χ2n) is 4.61. The van der Waals surface area contributed by atoms with Crippen molar-refractivity contribution in [1.82, 2.24) is 30.3 Å². The zero-order chi connectivity index (χ0) is 15.5. The number of aromatic amines is 1. The maximum Gasteiger partial charge on any atom is 0.291 e. The van der Waals surface area contributed by atoms with E-state index < -0.39 is 0 Å². The lowest BCUT2D eigenvalue weighted by atomic mass is 10.3. The average Bonchev–Trinajstić information content (AvgIpc) is 3.15. The number of halogens is 1. The molecule has 0 saturated heterocycles. The van der Waals surface area contributed by atoms with Crippen molar-refractivity contribution in [3.63, 3.8) is 0 Å². The van der Waals surface area contributed by atoms with E-state index in [4.69, 9.17) is 11.6 Å². The Morgan fingerprint density at radius 1 is 1.36 bits per heavy atom. The van der Waals surface area contributed by atoms with Crippen molar-refractivity contribution in [3.8, 4) is 5.69 Å². The normalized spacial score (nSPS) is 10.6. The third-order valence-electron chi connectivity index (χ3n) is 3.05. The van der Waals surface area contributed by atoms with Gasteiger partial charge in [0.2, 0.25) is 5.82 Å². The third kappa shape index (κ3) is 2.84. The minimum atomic E-state index is -0.358. The molecule has 0 aliphatic heterocycles. The highest BCUT2D eigenvalue weighted by atomic mass is 35.5. The molecule has 2 N–H and O–H groups in total. The first kappa shape index (κ1) is 14.3. The number of hydrogen-bond acceptors (Lipinski definition) is 4. The summed E-state index contributed by atoms with van der Waals surface area (Å²) >= 11 is 6.15. The van der Waals surface area contributed by atoms with Crippen molar-refractivity contribution in [3.05, 3.63) is 58.9 Å². The van der Waals surface area contributed by atoms with E-state index in [-0.39, 0.29) is 11.7 Å². The van der Waals surface area contributed by atoms with Gasteiger partial charge in [0, 0.05) is 6.20 Å². The lowest BCUT2D eigenvalue weighted by molar-refractivity contribution is 0.0940. The molecule has 0 unspecified atom stereocenters. The molecule has 0 aliphatic carbocycles. The lowest BCUT2D eigenvalue weighted by Gasteiger charge is -2.04. The number of benzene rings is 1. The Morgan fingerprint density at radius 2 is 2.18 bits per heavy atom. The molecule has 0 spiro atoms. The molecular weight excluding hydrogens is 304 g/mol. The molecule has 7 nitrogen and oxygen atoms in total. The number of para-hydroxylation sites is 1. The molecule has 1 aromatic carbocycles. The van der Waals surface area contributed by atoms with E-state index >= 15 is 0 Å². The maximum absolute atomic E-state index is 12.1. The second-order valence-corrected chi connectivity index (χ2v) is 5.02. The fourth-order valence-corrected chi connectivity index (χ4v) is 2.19. The highest BCUT2D eigenvalue weighted by molar-refractivity contribution is 6.32. The summed E-state index contributed by atoms with van der Waals surface area (Å²) in [5.41, 5.74) is 1.48. The highest BCUT2D eigenvalue weighted by Gasteiger charge is 2.16. The van der Waals surface area contributed by atoms with Crippen LogP contribution in [-0.4, -0.2) is 30.9 Å². The molecule has 1 amide bonds. The summed E-state index contributed by atoms with van der Waals surface area (Å²) in [6.07, 6.45) is 1.62. The molecule has 0 atom stereocenters. The van der Waals surface area contributed by atoms with E-state index in [2.05, 4.69) is 25.6 Å². The van der Waals surface area contributed by atoms with Crippen LogP contribution in [0.4, 0.5) is 0 Å². The lowest BCUT2D eigenvalue weighted by Crippen LogP contribution is -2.24. The molecule has 112 valence electrons. The maximum atomic E-state index is 12.1. The molecule has 0 saturated carbocycles. The van der Waals surface area contributed by atoms with Gasteiger partial charge in [-0.2, -0.15) is 5.10 Å². The number of carbonyl (C=O) groups excluding carboxylic acids is 1. The van der Waals surface area contributed by atoms with Crippen LogP contribution < -0.4 is 5.32 Å². The van der Waals surface area contributed by atoms with Crippen molar-refractivity contribution in [2.75, 3.05) is 0 Å². The first-order chi connectivity index (χ1) is 10.6. The van der Waals surface area contributed by atoms with Gasteiger partial charge in [-0.25, -0.2) is 9.67 Å². The molecular formula is C14H13ClN6O. The largest absolute Gasteiger partial charge is 0.344 e. The predicted molar refractivity (Wildman–Crippen MR) is 80.9 cm³/mol. The van der Waals surface area contributed by atoms with Gasteiger partial charge in [0.25, 0.3) is 5.91 Å². The number of nitrogens with zero attached hydrogens (tertiary/aromatic N) is 4. The van der Waals surface area contributed by atoms with Gasteiger partial charge in [0.1, 0.15) is 5.82 Å². The average molecular weight is 317 g/mol. The minimum absolute atomic E-state index is 0.0944. The monoisotopic (exact) mass is 316 g/mol. The zero-order valence-corrected chi connectivity index (χ0v) is 12.5. The van der Waals surface area contributed by atoms with Gasteiger partial charge < -0.3 is 5.32 Å². The quantitative estimate of drug-likeness (QED) is 0.769. The molecule has 22 heavy (non-hydrogen) atoms. The van der Waals surface area contributed by atoms with Crippen molar-refractivity contribution < 1.29 is 4.79 Å². The van der Waals surface area contributed by atoms with Gasteiger partial charge in [-0.05, 0) is 25.1 Å². The molecule has 0 bridgehead atoms. The number of carbonyl (C=O) groups is 1. The molecule has 3 rings (SSSR count). The van der Waals surface area contributed by atoms with Gasteiger partial charge in [-0.15, -0.1) is 5.10 Å². The molecule has 0 fully saturated rings. The van der Waals surface area contributed by atoms with Crippen LogP contribution >= 0.6 is 11.6 Å². The Hall–Kier alpha value is -2.67. The SMILES string of the molecule is Cc1nc(C(=O)NCc2ccn[nH]2)nn1-c1ccccc1Cl. The number of H-pyrrole nitrogens is 1. The van der Waals surface area contributed by atoms with Crippen molar-refractivity contribution in [2.24, 2.45) is 0 Å². The van der Waals surface area contributed by atoms with Crippen LogP contribution in [0, 0.1) is 6.92 Å². The third-order valence-corrected chi connectivity index (χ3v) is 3.37. The summed E-state index contributed by atoms with van der Waals surface area (Å²) in [5.74, 6) is 0.320. The first-order valence-corrected chi connectivity index (χ1v) is 6.98. The summed E-state index contributed by atoms with van der Waals surface area (Å²) in [6.45, 7) is 2.10. The molecule has 0 aliphatic rings. The summed E-state index contributed by atoms with van der Waals surface area (Å²) < 4.78 is 1.55. The van der Waals surface area contributed by atoms with E-state index in [0.29, 0.717) is 23.1 Å². The molecule has 3 aromatic rings. The van der Waals surface area contributed by atoms with Crippen molar-refractivity contribution >= 4 is 17.5 Å². The standard InChI is InChI=1S/C14H13ClN6O/c1-9-18-13(14(22)16-8-10-6-7-17-19-10)20-21(9)12-5-3-2-4-11(12)15/h2-7H,8H2,1H3,(H,16,22)(H,17,19). The Morgan fingerprint density at radius 3 is 2.91 bits per heavy atom. The number of nitrogens with one attached hydrogen (secondary N) is 2. The summed E-state index contributed by atoms with van der Waals surface area (Å²) in [4.78, 5) is 16.3. The van der Waals surface area contributed by atoms with Crippen LogP contribution in [0.1, 0.15) is 22.1 Å². The summed E-state index contributed by atoms with van der Waals surface area (Å²) in [6, 6.07) is 9.03. The number of hydrogen-bond donors (Lipinski definition) is 2. The van der Waals surface area contributed by atoms with E-state index in [1.54, 1.807) is 29.9 Å². The topological polar surface area (TPSA) is 88.5 Å². The van der Waals surface area contributed by atoms with Gasteiger partial charge in [-0.1, -0.05) is 23.7 Å². The number of rotatable bonds is 4. The van der Waals surface area contributed by atoms with E-state index in [1.807, 2.05) is 18.2 Å². The molecule has 0 radical (unpaired) electrons. The van der Waals surface area contributed by atoms with Crippen LogP contribution in [-0.2, 0) is 6.54 Å². The Kier molecular flexibility index (Phi) is 3.88. The zero-order valence-electron chi connectivity index (χ0n) is 11.7. The van der Waals surface area contributed by atoms with Crippen LogP contribution in [0.25, 0.3) is 5.69 Å². The summed E-state index contributed by atoms with van der Waals surface area (Å²) in [7, 11) is 0. The van der Waals surface area contributed by atoms with Gasteiger partial charge in [0.15, 0.2) is 0 Å². The minimum Gasteiger partial charge on any atom is -0.344 e. The number of amides is 1. The van der Waals surface area contributed by atoms with Crippen LogP contribution in [0.3, 0.4) is 0 Å². The van der Waals surface area contributed by atoms with Gasteiger partial charge in [0.05, 0.1) is 22.9 Å². The van der Waals surface area contributed by atoms with E-state index in [1.165, 1.54) is 0 Å². The Balaban J connectivity index is 1.80. The first-order valence-electron chi connectivity index (χ1n) is 6.60. The fraction of sp³-hybridized carbons (Fsp3) is 0.143. The van der Waals surface area contributed by atoms with Crippen molar-refractivity contribution in [1.29, 1.82) is 0 Å². The fourth-order valence-electron chi connectivity index (χ4n) is 1.98. The van der Waals surface area contributed by atoms with Crippen LogP contribution in [0.2, 0.25) is 5.02 Å². The van der Waals surface area contributed by atoms with Crippen LogP contribution in [0.5, 0.6) is 0 Å². The number of aryl methyl sites for hydroxylation is 1. The predicted octanol–water partition coefficient (Wildman–Crippen LogP) is 1.88. The van der Waals surface area contributed by atoms with Crippen molar-refractivity contribution in [2.45, 2.75) is 13.5 Å². The molecule has 2 heterocycles. The second kappa shape index (κ2) is 5.98. The Labute approximate surface area is 131 Å².